The minimum Gasteiger partial charge on any atom is -0.413 e. The van der Waals surface area contributed by atoms with Crippen LogP contribution in [0.25, 0.3) is 0 Å². The van der Waals surface area contributed by atoms with Crippen molar-refractivity contribution < 1.29 is 4.43 Å². The van der Waals surface area contributed by atoms with Crippen molar-refractivity contribution in [3.8, 4) is 0 Å². The minimum atomic E-state index is -1.52. The molecule has 0 amide bonds. The van der Waals surface area contributed by atoms with Gasteiger partial charge in [-0.15, -0.1) is 11.6 Å². The molecule has 0 heterocycles. The van der Waals surface area contributed by atoms with Gasteiger partial charge >= 0.3 is 0 Å². The average molecular weight is 195 g/mol. The number of hydrogen-bond donors (Lipinski definition) is 0. The number of alkyl halides is 1. The molecule has 0 spiro atoms. The Bertz CT molecular complexity index is 94.0. The summed E-state index contributed by atoms with van der Waals surface area (Å²) in [6.45, 7) is 8.53. The molecule has 11 heavy (non-hydrogen) atoms. The van der Waals surface area contributed by atoms with Crippen LogP contribution in [0.3, 0.4) is 0 Å². The maximum atomic E-state index is 5.91. The molecule has 0 aliphatic carbocycles. The van der Waals surface area contributed by atoms with E-state index in [1.165, 1.54) is 0 Å². The molecule has 3 heteroatoms. The van der Waals surface area contributed by atoms with Crippen molar-refractivity contribution in [3.63, 3.8) is 0 Å². The lowest BCUT2D eigenvalue weighted by atomic mass is 10.5. The van der Waals surface area contributed by atoms with E-state index in [0.717, 1.165) is 17.6 Å². The van der Waals surface area contributed by atoms with E-state index in [9.17, 15) is 0 Å². The fourth-order valence-electron chi connectivity index (χ4n) is 1.14. The van der Waals surface area contributed by atoms with Crippen molar-refractivity contribution in [1.29, 1.82) is 0 Å². The first-order valence-corrected chi connectivity index (χ1v) is 7.40. The lowest BCUT2D eigenvalue weighted by Gasteiger charge is -2.29. The van der Waals surface area contributed by atoms with Gasteiger partial charge in [-0.05, 0) is 25.9 Å². The zero-order valence-corrected chi connectivity index (χ0v) is 9.74. The summed E-state index contributed by atoms with van der Waals surface area (Å²) >= 11 is 5.91. The first-order chi connectivity index (χ1) is 5.10. The summed E-state index contributed by atoms with van der Waals surface area (Å²) in [6, 6.07) is 2.26. The van der Waals surface area contributed by atoms with Crippen molar-refractivity contribution in [3.05, 3.63) is 0 Å². The SMILES string of the molecule is CC[Si](CC)(CCl)OC(C)C. The third kappa shape index (κ3) is 3.59. The van der Waals surface area contributed by atoms with E-state index in [-0.39, 0.29) is 0 Å². The Labute approximate surface area is 76.2 Å². The first-order valence-electron chi connectivity index (χ1n) is 4.34. The average Bonchev–Trinajstić information content (AvgIpc) is 2.00. The molecule has 0 bridgehead atoms. The minimum absolute atomic E-state index is 0.334. The molecule has 0 saturated heterocycles. The van der Waals surface area contributed by atoms with Crippen LogP contribution in [0, 0.1) is 0 Å². The molecule has 0 rings (SSSR count). The van der Waals surface area contributed by atoms with Crippen molar-refractivity contribution in [2.75, 3.05) is 5.50 Å². The second kappa shape index (κ2) is 5.17. The third-order valence-electron chi connectivity index (χ3n) is 2.02. The fourth-order valence-corrected chi connectivity index (χ4v) is 4.73. The predicted octanol–water partition coefficient (Wildman–Crippen LogP) is 3.17. The van der Waals surface area contributed by atoms with Crippen LogP contribution in [-0.4, -0.2) is 19.9 Å². The van der Waals surface area contributed by atoms with E-state index >= 15 is 0 Å². The molecule has 0 aliphatic heterocycles. The van der Waals surface area contributed by atoms with Gasteiger partial charge in [0, 0.05) is 11.6 Å². The molecule has 0 atom stereocenters. The Balaban J connectivity index is 4.05. The summed E-state index contributed by atoms with van der Waals surface area (Å²) in [4.78, 5) is 0. The standard InChI is InChI=1S/C8H19ClOSi/c1-5-11(6-2,7-9)10-8(3)4/h8H,5-7H2,1-4H3. The first kappa shape index (κ1) is 11.5. The molecule has 0 N–H and O–H groups in total. The molecule has 0 fully saturated rings. The maximum Gasteiger partial charge on any atom is 0.207 e. The molecule has 68 valence electrons. The molecule has 0 aromatic heterocycles. The van der Waals surface area contributed by atoms with E-state index in [0.29, 0.717) is 6.10 Å². The molecule has 0 aliphatic rings. The van der Waals surface area contributed by atoms with Crippen molar-refractivity contribution in [2.45, 2.75) is 45.9 Å². The van der Waals surface area contributed by atoms with Crippen LogP contribution in [0.2, 0.25) is 12.1 Å². The van der Waals surface area contributed by atoms with E-state index in [1.807, 2.05) is 0 Å². The Hall–Kier alpha value is 0.467. The van der Waals surface area contributed by atoms with E-state index in [1.54, 1.807) is 0 Å². The lowest BCUT2D eigenvalue weighted by molar-refractivity contribution is 0.228. The summed E-state index contributed by atoms with van der Waals surface area (Å²) in [5.41, 5.74) is 0.734. The van der Waals surface area contributed by atoms with Crippen LogP contribution in [0.15, 0.2) is 0 Å². The van der Waals surface area contributed by atoms with Gasteiger partial charge in [-0.1, -0.05) is 13.8 Å². The van der Waals surface area contributed by atoms with Crippen LogP contribution in [-0.2, 0) is 4.43 Å². The largest absolute Gasteiger partial charge is 0.413 e. The molecule has 0 saturated carbocycles. The highest BCUT2D eigenvalue weighted by atomic mass is 35.5. The summed E-state index contributed by atoms with van der Waals surface area (Å²) in [5, 5.41) is 0. The van der Waals surface area contributed by atoms with Gasteiger partial charge in [0.1, 0.15) is 0 Å². The summed E-state index contributed by atoms with van der Waals surface area (Å²) in [5.74, 6) is 0. The number of halogens is 1. The maximum absolute atomic E-state index is 5.91. The third-order valence-corrected chi connectivity index (χ3v) is 7.51. The fraction of sp³-hybridized carbons (Fsp3) is 1.00. The van der Waals surface area contributed by atoms with Gasteiger partial charge in [0.15, 0.2) is 0 Å². The van der Waals surface area contributed by atoms with Gasteiger partial charge < -0.3 is 4.43 Å². The van der Waals surface area contributed by atoms with Gasteiger partial charge in [-0.2, -0.15) is 0 Å². The second-order valence-corrected chi connectivity index (χ2v) is 8.28. The smallest absolute Gasteiger partial charge is 0.207 e. The topological polar surface area (TPSA) is 9.23 Å². The Morgan fingerprint density at radius 1 is 1.27 bits per heavy atom. The van der Waals surface area contributed by atoms with Crippen LogP contribution < -0.4 is 0 Å². The summed E-state index contributed by atoms with van der Waals surface area (Å²) in [6.07, 6.45) is 0.334. The van der Waals surface area contributed by atoms with Crippen LogP contribution >= 0.6 is 11.6 Å². The number of rotatable bonds is 5. The van der Waals surface area contributed by atoms with Crippen LogP contribution in [0.1, 0.15) is 27.7 Å². The number of hydrogen-bond acceptors (Lipinski definition) is 1. The molecule has 1 nitrogen and oxygen atoms in total. The Morgan fingerprint density at radius 2 is 1.73 bits per heavy atom. The summed E-state index contributed by atoms with van der Waals surface area (Å²) in [7, 11) is -1.52. The van der Waals surface area contributed by atoms with Crippen LogP contribution in [0.4, 0.5) is 0 Å². The van der Waals surface area contributed by atoms with Gasteiger partial charge in [-0.25, -0.2) is 0 Å². The molecular weight excluding hydrogens is 176 g/mol. The second-order valence-electron chi connectivity index (χ2n) is 3.19. The Morgan fingerprint density at radius 3 is 1.82 bits per heavy atom. The monoisotopic (exact) mass is 194 g/mol. The zero-order chi connectivity index (χ0) is 8.91. The Kier molecular flexibility index (Phi) is 5.39. The van der Waals surface area contributed by atoms with Gasteiger partial charge in [0.05, 0.1) is 0 Å². The van der Waals surface area contributed by atoms with Crippen molar-refractivity contribution in [1.82, 2.24) is 0 Å². The molecule has 0 radical (unpaired) electrons. The van der Waals surface area contributed by atoms with Crippen molar-refractivity contribution in [2.24, 2.45) is 0 Å². The highest BCUT2D eigenvalue weighted by Crippen LogP contribution is 2.20. The van der Waals surface area contributed by atoms with E-state index < -0.39 is 8.32 Å². The normalized spacial score (nSPS) is 12.5. The van der Waals surface area contributed by atoms with E-state index in [2.05, 4.69) is 27.7 Å². The van der Waals surface area contributed by atoms with Crippen molar-refractivity contribution >= 4 is 19.9 Å². The highest BCUT2D eigenvalue weighted by molar-refractivity contribution is 6.79. The predicted molar refractivity (Wildman–Crippen MR) is 53.7 cm³/mol. The van der Waals surface area contributed by atoms with Gasteiger partial charge in [-0.3, -0.25) is 0 Å². The molecular formula is C8H19ClOSi. The summed E-state index contributed by atoms with van der Waals surface area (Å²) < 4.78 is 5.89. The lowest BCUT2D eigenvalue weighted by Crippen LogP contribution is -2.41. The zero-order valence-electron chi connectivity index (χ0n) is 7.98. The van der Waals surface area contributed by atoms with E-state index in [4.69, 9.17) is 16.0 Å². The van der Waals surface area contributed by atoms with Gasteiger partial charge in [0.2, 0.25) is 8.32 Å². The van der Waals surface area contributed by atoms with Crippen LogP contribution in [0.5, 0.6) is 0 Å². The molecule has 0 aromatic carbocycles. The highest BCUT2D eigenvalue weighted by Gasteiger charge is 2.30. The molecule has 0 aromatic rings. The molecule has 0 unspecified atom stereocenters. The van der Waals surface area contributed by atoms with Gasteiger partial charge in [0.25, 0.3) is 0 Å². The quantitative estimate of drug-likeness (QED) is 0.483.